The lowest BCUT2D eigenvalue weighted by atomic mass is 10.1. The van der Waals surface area contributed by atoms with E-state index in [1.165, 1.54) is 40.0 Å². The summed E-state index contributed by atoms with van der Waals surface area (Å²) in [6.45, 7) is 1.13. The number of rotatable bonds is 11. The Balaban J connectivity index is 1.67. The second-order valence-electron chi connectivity index (χ2n) is 9.02. The topological polar surface area (TPSA) is 3.24 Å². The Hall–Kier alpha value is -2.30. The highest BCUT2D eigenvalue weighted by Crippen LogP contribution is 2.42. The van der Waals surface area contributed by atoms with Crippen molar-refractivity contribution in [1.82, 2.24) is 4.90 Å². The summed E-state index contributed by atoms with van der Waals surface area (Å²) < 4.78 is 0. The van der Waals surface area contributed by atoms with Crippen LogP contribution in [0, 0.1) is 5.92 Å². The zero-order chi connectivity index (χ0) is 23.6. The molecular formula is C31H35NP2. The van der Waals surface area contributed by atoms with Gasteiger partial charge in [0.05, 0.1) is 0 Å². The van der Waals surface area contributed by atoms with Crippen molar-refractivity contribution in [3.05, 3.63) is 121 Å². The zero-order valence-electron chi connectivity index (χ0n) is 20.3. The van der Waals surface area contributed by atoms with E-state index in [1.54, 1.807) is 0 Å². The third kappa shape index (κ3) is 7.10. The second-order valence-corrected chi connectivity index (χ2v) is 13.5. The molecule has 0 heterocycles. The summed E-state index contributed by atoms with van der Waals surface area (Å²) >= 11 is 0. The molecule has 0 bridgehead atoms. The first-order valence-electron chi connectivity index (χ1n) is 12.1. The Morgan fingerprint density at radius 3 is 1.06 bits per heavy atom. The van der Waals surface area contributed by atoms with Gasteiger partial charge < -0.3 is 4.90 Å². The molecule has 0 N–H and O–H groups in total. The molecular weight excluding hydrogens is 448 g/mol. The van der Waals surface area contributed by atoms with Crippen molar-refractivity contribution in [3.8, 4) is 0 Å². The second kappa shape index (κ2) is 13.0. The third-order valence-corrected chi connectivity index (χ3v) is 11.6. The van der Waals surface area contributed by atoms with Gasteiger partial charge in [0.1, 0.15) is 0 Å². The van der Waals surface area contributed by atoms with Gasteiger partial charge in [0, 0.05) is 0 Å². The summed E-state index contributed by atoms with van der Waals surface area (Å²) in [5, 5.41) is 5.95. The van der Waals surface area contributed by atoms with Gasteiger partial charge in [0.2, 0.25) is 0 Å². The van der Waals surface area contributed by atoms with Crippen LogP contribution in [0.25, 0.3) is 0 Å². The molecule has 4 aromatic carbocycles. The molecule has 0 saturated carbocycles. The van der Waals surface area contributed by atoms with Gasteiger partial charge in [0.15, 0.2) is 0 Å². The summed E-state index contributed by atoms with van der Waals surface area (Å²) in [5.74, 6) is 0.653. The quantitative estimate of drug-likeness (QED) is 0.243. The predicted octanol–water partition coefficient (Wildman–Crippen LogP) is 5.82. The Kier molecular flexibility index (Phi) is 9.46. The van der Waals surface area contributed by atoms with Crippen LogP contribution in [-0.4, -0.2) is 37.9 Å². The third-order valence-electron chi connectivity index (χ3n) is 6.14. The molecule has 1 nitrogen and oxygen atoms in total. The summed E-state index contributed by atoms with van der Waals surface area (Å²) in [5.41, 5.74) is 0. The van der Waals surface area contributed by atoms with E-state index < -0.39 is 15.8 Å². The molecule has 0 aliphatic rings. The van der Waals surface area contributed by atoms with Crippen LogP contribution in [0.2, 0.25) is 0 Å². The Morgan fingerprint density at radius 2 is 0.794 bits per heavy atom. The first kappa shape index (κ1) is 24.8. The average Bonchev–Trinajstić information content (AvgIpc) is 2.90. The van der Waals surface area contributed by atoms with Crippen molar-refractivity contribution < 1.29 is 0 Å². The Labute approximate surface area is 208 Å². The van der Waals surface area contributed by atoms with Gasteiger partial charge in [-0.3, -0.25) is 0 Å². The summed E-state index contributed by atoms with van der Waals surface area (Å²) in [6, 6.07) is 44.8. The van der Waals surface area contributed by atoms with Gasteiger partial charge in [-0.25, -0.2) is 0 Å². The lowest BCUT2D eigenvalue weighted by Crippen LogP contribution is -2.26. The van der Waals surface area contributed by atoms with Crippen LogP contribution < -0.4 is 21.2 Å². The fraction of sp³-hybridized carbons (Fsp3) is 0.226. The Morgan fingerprint density at radius 1 is 0.500 bits per heavy atom. The number of hydrogen-bond acceptors (Lipinski definition) is 1. The van der Waals surface area contributed by atoms with Crippen LogP contribution in [0.3, 0.4) is 0 Å². The molecule has 0 aromatic heterocycles. The molecule has 4 aromatic rings. The zero-order valence-corrected chi connectivity index (χ0v) is 22.1. The number of nitrogens with zero attached hydrogens (tertiary/aromatic N) is 1. The minimum atomic E-state index is -0.398. The van der Waals surface area contributed by atoms with Crippen LogP contribution in [0.15, 0.2) is 121 Å². The smallest absolute Gasteiger partial charge is 0.00219 e. The number of benzene rings is 4. The molecule has 0 saturated heterocycles. The monoisotopic (exact) mass is 483 g/mol. The van der Waals surface area contributed by atoms with Gasteiger partial charge in [-0.2, -0.15) is 0 Å². The van der Waals surface area contributed by atoms with E-state index in [2.05, 4.69) is 140 Å². The lowest BCUT2D eigenvalue weighted by molar-refractivity contribution is 0.372. The highest BCUT2D eigenvalue weighted by molar-refractivity contribution is 7.74. The minimum absolute atomic E-state index is 0.398. The molecule has 0 fully saturated rings. The molecule has 0 spiro atoms. The average molecular weight is 484 g/mol. The molecule has 4 rings (SSSR count). The van der Waals surface area contributed by atoms with E-state index in [4.69, 9.17) is 0 Å². The molecule has 34 heavy (non-hydrogen) atoms. The van der Waals surface area contributed by atoms with E-state index in [0.717, 1.165) is 6.54 Å². The lowest BCUT2D eigenvalue weighted by Gasteiger charge is -2.30. The van der Waals surface area contributed by atoms with E-state index in [0.29, 0.717) is 5.92 Å². The van der Waals surface area contributed by atoms with E-state index in [1.807, 2.05) is 0 Å². The molecule has 0 aliphatic carbocycles. The first-order chi connectivity index (χ1) is 16.7. The molecule has 174 valence electrons. The Bertz CT molecular complexity index is 921. The van der Waals surface area contributed by atoms with E-state index in [-0.39, 0.29) is 0 Å². The molecule has 0 radical (unpaired) electrons. The summed E-state index contributed by atoms with van der Waals surface area (Å²) in [4.78, 5) is 2.34. The maximum atomic E-state index is 2.34. The molecule has 0 atom stereocenters. The highest BCUT2D eigenvalue weighted by Gasteiger charge is 2.24. The fourth-order valence-corrected chi connectivity index (χ4v) is 9.78. The van der Waals surface area contributed by atoms with Crippen molar-refractivity contribution in [3.63, 3.8) is 0 Å². The standard InChI is InChI=1S/C31H35NP2/c1-32(2)24-23-27(25-33(28-15-7-3-8-16-28)29-17-9-4-10-18-29)26-34(30-19-11-5-12-20-30)31-21-13-6-14-22-31/h3-22,27H,23-26H2,1-2H3. The highest BCUT2D eigenvalue weighted by atomic mass is 31.1. The number of hydrogen-bond donors (Lipinski definition) is 0. The molecule has 0 amide bonds. The fourth-order valence-electron chi connectivity index (χ4n) is 4.35. The van der Waals surface area contributed by atoms with Crippen molar-refractivity contribution in [1.29, 1.82) is 0 Å². The SMILES string of the molecule is CN(C)CCC(CP(c1ccccc1)c1ccccc1)CP(c1ccccc1)c1ccccc1. The first-order valence-corrected chi connectivity index (χ1v) is 15.2. The minimum Gasteiger partial charge on any atom is -0.309 e. The van der Waals surface area contributed by atoms with Crippen molar-refractivity contribution in [2.75, 3.05) is 33.0 Å². The van der Waals surface area contributed by atoms with Gasteiger partial charge in [0.25, 0.3) is 0 Å². The van der Waals surface area contributed by atoms with Crippen molar-refractivity contribution >= 4 is 37.1 Å². The van der Waals surface area contributed by atoms with Gasteiger partial charge in [-0.15, -0.1) is 0 Å². The van der Waals surface area contributed by atoms with Crippen molar-refractivity contribution in [2.24, 2.45) is 5.92 Å². The predicted molar refractivity (Wildman–Crippen MR) is 155 cm³/mol. The van der Waals surface area contributed by atoms with E-state index in [9.17, 15) is 0 Å². The van der Waals surface area contributed by atoms with Crippen LogP contribution in [0.5, 0.6) is 0 Å². The molecule has 0 unspecified atom stereocenters. The normalized spacial score (nSPS) is 11.6. The van der Waals surface area contributed by atoms with Crippen LogP contribution in [-0.2, 0) is 0 Å². The summed E-state index contributed by atoms with van der Waals surface area (Å²) in [7, 11) is 3.60. The maximum Gasteiger partial charge on any atom is -0.00219 e. The van der Waals surface area contributed by atoms with Crippen LogP contribution in [0.4, 0.5) is 0 Å². The summed E-state index contributed by atoms with van der Waals surface area (Å²) in [6.07, 6.45) is 3.69. The molecule has 3 heteroatoms. The van der Waals surface area contributed by atoms with Crippen LogP contribution >= 0.6 is 15.8 Å². The van der Waals surface area contributed by atoms with Gasteiger partial charge >= 0.3 is 0 Å². The van der Waals surface area contributed by atoms with Crippen LogP contribution in [0.1, 0.15) is 6.42 Å². The largest absolute Gasteiger partial charge is 0.309 e. The van der Waals surface area contributed by atoms with Crippen molar-refractivity contribution in [2.45, 2.75) is 6.42 Å². The molecule has 0 aliphatic heterocycles. The maximum absolute atomic E-state index is 2.34. The van der Waals surface area contributed by atoms with Gasteiger partial charge in [-0.1, -0.05) is 121 Å². The van der Waals surface area contributed by atoms with E-state index >= 15 is 0 Å². The van der Waals surface area contributed by atoms with Gasteiger partial charge in [-0.05, 0) is 82.4 Å².